The van der Waals surface area contributed by atoms with E-state index in [-0.39, 0.29) is 18.2 Å². The fourth-order valence-electron chi connectivity index (χ4n) is 2.10. The maximum absolute atomic E-state index is 12.0. The summed E-state index contributed by atoms with van der Waals surface area (Å²) in [6.45, 7) is 2.63. The molecule has 0 aliphatic heterocycles. The predicted octanol–water partition coefficient (Wildman–Crippen LogP) is 3.08. The summed E-state index contributed by atoms with van der Waals surface area (Å²) >= 11 is 5.81. The van der Waals surface area contributed by atoms with Crippen LogP contribution >= 0.6 is 11.6 Å². The van der Waals surface area contributed by atoms with Crippen molar-refractivity contribution in [3.05, 3.63) is 70.2 Å². The van der Waals surface area contributed by atoms with Crippen molar-refractivity contribution in [2.75, 3.05) is 6.54 Å². The summed E-state index contributed by atoms with van der Waals surface area (Å²) in [7, 11) is 0. The Balaban J connectivity index is 1.71. The zero-order chi connectivity index (χ0) is 16.7. The third-order valence-electron chi connectivity index (χ3n) is 3.43. The van der Waals surface area contributed by atoms with Gasteiger partial charge in [0.15, 0.2) is 0 Å². The van der Waals surface area contributed by atoms with E-state index in [1.807, 2.05) is 37.3 Å². The molecule has 0 radical (unpaired) electrons. The lowest BCUT2D eigenvalue weighted by Gasteiger charge is -2.08. The maximum Gasteiger partial charge on any atom is 0.251 e. The van der Waals surface area contributed by atoms with E-state index in [2.05, 4.69) is 10.6 Å². The van der Waals surface area contributed by atoms with Crippen molar-refractivity contribution in [3.63, 3.8) is 0 Å². The fourth-order valence-corrected chi connectivity index (χ4v) is 2.23. The van der Waals surface area contributed by atoms with Crippen LogP contribution in [0.25, 0.3) is 0 Å². The van der Waals surface area contributed by atoms with Crippen molar-refractivity contribution >= 4 is 23.4 Å². The fraction of sp³-hybridized carbons (Fsp3) is 0.222. The average Bonchev–Trinajstić information content (AvgIpc) is 2.54. The molecule has 2 aromatic carbocycles. The minimum absolute atomic E-state index is 0.106. The van der Waals surface area contributed by atoms with Crippen molar-refractivity contribution in [1.82, 2.24) is 10.6 Å². The molecule has 0 saturated carbocycles. The molecule has 0 aliphatic rings. The predicted molar refractivity (Wildman–Crippen MR) is 91.4 cm³/mol. The van der Waals surface area contributed by atoms with Gasteiger partial charge in [0.05, 0.1) is 0 Å². The minimum atomic E-state index is -0.159. The van der Waals surface area contributed by atoms with E-state index in [1.165, 1.54) is 0 Å². The molecule has 0 heterocycles. The van der Waals surface area contributed by atoms with Crippen molar-refractivity contribution in [2.45, 2.75) is 19.9 Å². The lowest BCUT2D eigenvalue weighted by atomic mass is 10.1. The molecule has 2 aromatic rings. The van der Waals surface area contributed by atoms with Gasteiger partial charge in [-0.05, 0) is 36.2 Å². The first kappa shape index (κ1) is 17.0. The smallest absolute Gasteiger partial charge is 0.251 e. The maximum atomic E-state index is 12.0. The number of carbonyl (C=O) groups excluding carboxylic acids is 2. The van der Waals surface area contributed by atoms with Crippen LogP contribution in [0.3, 0.4) is 0 Å². The molecule has 0 spiro atoms. The number of rotatable bonds is 6. The van der Waals surface area contributed by atoms with Crippen LogP contribution in [-0.4, -0.2) is 18.4 Å². The highest BCUT2D eigenvalue weighted by Gasteiger charge is 2.08. The van der Waals surface area contributed by atoms with Gasteiger partial charge in [-0.15, -0.1) is 0 Å². The summed E-state index contributed by atoms with van der Waals surface area (Å²) in [4.78, 5) is 23.8. The first-order valence-corrected chi connectivity index (χ1v) is 7.79. The summed E-state index contributed by atoms with van der Waals surface area (Å²) in [5, 5.41) is 6.23. The Morgan fingerprint density at radius 3 is 2.39 bits per heavy atom. The van der Waals surface area contributed by atoms with Crippen LogP contribution in [-0.2, 0) is 11.3 Å². The van der Waals surface area contributed by atoms with E-state index in [0.29, 0.717) is 23.7 Å². The van der Waals surface area contributed by atoms with Crippen LogP contribution in [0.2, 0.25) is 5.02 Å². The summed E-state index contributed by atoms with van der Waals surface area (Å²) in [6.07, 6.45) is 0.241. The normalized spacial score (nSPS) is 10.2. The molecule has 0 bridgehead atoms. The summed E-state index contributed by atoms with van der Waals surface area (Å²) in [5.74, 6) is -0.265. The number of benzene rings is 2. The molecule has 2 N–H and O–H groups in total. The summed E-state index contributed by atoms with van der Waals surface area (Å²) < 4.78 is 0. The zero-order valence-corrected chi connectivity index (χ0v) is 13.7. The van der Waals surface area contributed by atoms with Gasteiger partial charge in [0.2, 0.25) is 5.91 Å². The van der Waals surface area contributed by atoms with Crippen LogP contribution in [0.1, 0.15) is 27.9 Å². The van der Waals surface area contributed by atoms with E-state index < -0.39 is 0 Å². The molecule has 0 aliphatic carbocycles. The summed E-state index contributed by atoms with van der Waals surface area (Å²) in [5.41, 5.74) is 2.53. The Hall–Kier alpha value is -2.33. The molecule has 0 aromatic heterocycles. The molecule has 0 saturated heterocycles. The molecule has 23 heavy (non-hydrogen) atoms. The number of hydrogen-bond acceptors (Lipinski definition) is 2. The van der Waals surface area contributed by atoms with Crippen molar-refractivity contribution in [1.29, 1.82) is 0 Å². The Labute approximate surface area is 140 Å². The largest absolute Gasteiger partial charge is 0.352 e. The van der Waals surface area contributed by atoms with Crippen molar-refractivity contribution < 1.29 is 9.59 Å². The van der Waals surface area contributed by atoms with Gasteiger partial charge in [-0.3, -0.25) is 9.59 Å². The van der Waals surface area contributed by atoms with Crippen LogP contribution in [0, 0.1) is 6.92 Å². The SMILES string of the molecule is Cc1ccccc1C(=O)NCCC(=O)NCc1ccc(Cl)cc1. The highest BCUT2D eigenvalue weighted by atomic mass is 35.5. The lowest BCUT2D eigenvalue weighted by Crippen LogP contribution is -2.30. The second-order valence-corrected chi connectivity index (χ2v) is 5.66. The number of nitrogens with one attached hydrogen (secondary N) is 2. The molecule has 2 amide bonds. The van der Waals surface area contributed by atoms with Gasteiger partial charge in [-0.1, -0.05) is 41.9 Å². The van der Waals surface area contributed by atoms with Gasteiger partial charge in [0, 0.05) is 30.1 Å². The molecule has 0 fully saturated rings. The molecule has 0 atom stereocenters. The van der Waals surface area contributed by atoms with Gasteiger partial charge >= 0.3 is 0 Å². The quantitative estimate of drug-likeness (QED) is 0.855. The van der Waals surface area contributed by atoms with Gasteiger partial charge in [-0.25, -0.2) is 0 Å². The monoisotopic (exact) mass is 330 g/mol. The second-order valence-electron chi connectivity index (χ2n) is 5.22. The van der Waals surface area contributed by atoms with Gasteiger partial charge in [-0.2, -0.15) is 0 Å². The van der Waals surface area contributed by atoms with Gasteiger partial charge < -0.3 is 10.6 Å². The van der Waals surface area contributed by atoms with E-state index in [9.17, 15) is 9.59 Å². The van der Waals surface area contributed by atoms with Crippen LogP contribution in [0.5, 0.6) is 0 Å². The van der Waals surface area contributed by atoms with Crippen LogP contribution < -0.4 is 10.6 Å². The third-order valence-corrected chi connectivity index (χ3v) is 3.68. The lowest BCUT2D eigenvalue weighted by molar-refractivity contribution is -0.121. The van der Waals surface area contributed by atoms with E-state index >= 15 is 0 Å². The van der Waals surface area contributed by atoms with Crippen LogP contribution in [0.15, 0.2) is 48.5 Å². The van der Waals surface area contributed by atoms with Crippen molar-refractivity contribution in [2.24, 2.45) is 0 Å². The average molecular weight is 331 g/mol. The summed E-state index contributed by atoms with van der Waals surface area (Å²) in [6, 6.07) is 14.7. The Kier molecular flexibility index (Phi) is 6.18. The van der Waals surface area contributed by atoms with Crippen molar-refractivity contribution in [3.8, 4) is 0 Å². The van der Waals surface area contributed by atoms with E-state index in [1.54, 1.807) is 18.2 Å². The first-order chi connectivity index (χ1) is 11.1. The zero-order valence-electron chi connectivity index (χ0n) is 12.9. The van der Waals surface area contributed by atoms with Gasteiger partial charge in [0.1, 0.15) is 0 Å². The Morgan fingerprint density at radius 2 is 1.70 bits per heavy atom. The standard InChI is InChI=1S/C18H19ClN2O2/c1-13-4-2-3-5-16(13)18(23)20-11-10-17(22)21-12-14-6-8-15(19)9-7-14/h2-9H,10-12H2,1H3,(H,20,23)(H,21,22). The van der Waals surface area contributed by atoms with E-state index in [4.69, 9.17) is 11.6 Å². The number of hydrogen-bond donors (Lipinski definition) is 2. The van der Waals surface area contributed by atoms with E-state index in [0.717, 1.165) is 11.1 Å². The molecule has 0 unspecified atom stereocenters. The minimum Gasteiger partial charge on any atom is -0.352 e. The molecule has 120 valence electrons. The topological polar surface area (TPSA) is 58.2 Å². The number of halogens is 1. The molecule has 5 heteroatoms. The first-order valence-electron chi connectivity index (χ1n) is 7.41. The van der Waals surface area contributed by atoms with Crippen LogP contribution in [0.4, 0.5) is 0 Å². The number of carbonyl (C=O) groups is 2. The molecule has 2 rings (SSSR count). The molecule has 4 nitrogen and oxygen atoms in total. The molecular formula is C18H19ClN2O2. The molecular weight excluding hydrogens is 312 g/mol. The Morgan fingerprint density at radius 1 is 1.00 bits per heavy atom. The number of aryl methyl sites for hydroxylation is 1. The number of amides is 2. The highest BCUT2D eigenvalue weighted by Crippen LogP contribution is 2.09. The third kappa shape index (κ3) is 5.42. The highest BCUT2D eigenvalue weighted by molar-refractivity contribution is 6.30. The second kappa shape index (κ2) is 8.34. The van der Waals surface area contributed by atoms with Gasteiger partial charge in [0.25, 0.3) is 5.91 Å². The Bertz CT molecular complexity index is 684.